The van der Waals surface area contributed by atoms with E-state index in [1.807, 2.05) is 11.3 Å². The maximum absolute atomic E-state index is 5.78. The molecular weight excluding hydrogens is 228 g/mol. The minimum absolute atomic E-state index is 0.535. The van der Waals surface area contributed by atoms with Gasteiger partial charge in [-0.3, -0.25) is 11.3 Å². The van der Waals surface area contributed by atoms with Crippen molar-refractivity contribution in [2.45, 2.75) is 44.6 Å². The number of hydrogen-bond donors (Lipinski definition) is 2. The number of rotatable bonds is 5. The van der Waals surface area contributed by atoms with E-state index in [9.17, 15) is 0 Å². The summed E-state index contributed by atoms with van der Waals surface area (Å²) in [4.78, 5) is 1.49. The number of hydrogen-bond acceptors (Lipinski definition) is 3. The van der Waals surface area contributed by atoms with E-state index in [1.54, 1.807) is 0 Å². The number of thiophene rings is 1. The van der Waals surface area contributed by atoms with Gasteiger partial charge in [0.05, 0.1) is 0 Å². The molecule has 2 aliphatic rings. The summed E-state index contributed by atoms with van der Waals surface area (Å²) in [6.45, 7) is 0. The molecule has 1 heterocycles. The van der Waals surface area contributed by atoms with E-state index in [-0.39, 0.29) is 0 Å². The third kappa shape index (κ3) is 2.42. The lowest BCUT2D eigenvalue weighted by Crippen LogP contribution is -2.43. The Bertz CT molecular complexity index is 349. The number of nitrogens with two attached hydrogens (primary N) is 1. The molecule has 0 spiro atoms. The monoisotopic (exact) mass is 250 g/mol. The quantitative estimate of drug-likeness (QED) is 0.623. The second-order valence-electron chi connectivity index (χ2n) is 5.73. The average Bonchev–Trinajstić information content (AvgIpc) is 3.07. The lowest BCUT2D eigenvalue weighted by atomic mass is 9.82. The summed E-state index contributed by atoms with van der Waals surface area (Å²) >= 11 is 1.86. The first-order chi connectivity index (χ1) is 8.36. The predicted octanol–water partition coefficient (Wildman–Crippen LogP) is 2.95. The zero-order valence-corrected chi connectivity index (χ0v) is 11.1. The first-order valence-corrected chi connectivity index (χ1v) is 7.73. The fraction of sp³-hybridized carbons (Fsp3) is 0.714. The zero-order valence-electron chi connectivity index (χ0n) is 10.3. The Balaban J connectivity index is 1.56. The lowest BCUT2D eigenvalue weighted by molar-refractivity contribution is 0.240. The second kappa shape index (κ2) is 5.09. The molecule has 2 fully saturated rings. The fourth-order valence-corrected chi connectivity index (χ4v) is 4.69. The number of aryl methyl sites for hydroxylation is 1. The van der Waals surface area contributed by atoms with Gasteiger partial charge in [0.25, 0.3) is 0 Å². The summed E-state index contributed by atoms with van der Waals surface area (Å²) in [5, 5.41) is 2.16. The van der Waals surface area contributed by atoms with Gasteiger partial charge in [-0.15, -0.1) is 11.3 Å². The van der Waals surface area contributed by atoms with Gasteiger partial charge >= 0.3 is 0 Å². The third-order valence-electron chi connectivity index (χ3n) is 4.81. The average molecular weight is 250 g/mol. The van der Waals surface area contributed by atoms with Crippen molar-refractivity contribution < 1.29 is 0 Å². The van der Waals surface area contributed by atoms with Crippen LogP contribution in [0.1, 0.15) is 37.0 Å². The molecule has 2 saturated carbocycles. The van der Waals surface area contributed by atoms with Crippen LogP contribution in [0.15, 0.2) is 17.5 Å². The van der Waals surface area contributed by atoms with Crippen LogP contribution in [-0.2, 0) is 6.42 Å². The van der Waals surface area contributed by atoms with Crippen molar-refractivity contribution in [1.29, 1.82) is 0 Å². The van der Waals surface area contributed by atoms with Crippen LogP contribution in [0, 0.1) is 17.8 Å². The summed E-state index contributed by atoms with van der Waals surface area (Å²) in [5.41, 5.74) is 3.10. The minimum atomic E-state index is 0.535. The predicted molar refractivity (Wildman–Crippen MR) is 72.7 cm³/mol. The lowest BCUT2D eigenvalue weighted by Gasteiger charge is -2.30. The molecule has 3 rings (SSSR count). The first kappa shape index (κ1) is 11.7. The van der Waals surface area contributed by atoms with Gasteiger partial charge in [-0.05, 0) is 61.3 Å². The van der Waals surface area contributed by atoms with Crippen molar-refractivity contribution in [3.05, 3.63) is 22.4 Å². The van der Waals surface area contributed by atoms with Gasteiger partial charge in [0.2, 0.25) is 0 Å². The third-order valence-corrected chi connectivity index (χ3v) is 5.74. The van der Waals surface area contributed by atoms with Gasteiger partial charge in [0.15, 0.2) is 0 Å². The fourth-order valence-electron chi connectivity index (χ4n) is 3.96. The van der Waals surface area contributed by atoms with Crippen molar-refractivity contribution in [2.24, 2.45) is 23.6 Å². The molecule has 1 aromatic heterocycles. The van der Waals surface area contributed by atoms with Gasteiger partial charge in [-0.1, -0.05) is 12.5 Å². The highest BCUT2D eigenvalue weighted by Crippen LogP contribution is 2.49. The van der Waals surface area contributed by atoms with Crippen LogP contribution < -0.4 is 11.3 Å². The molecule has 17 heavy (non-hydrogen) atoms. The van der Waals surface area contributed by atoms with Gasteiger partial charge < -0.3 is 0 Å². The van der Waals surface area contributed by atoms with Gasteiger partial charge in [-0.25, -0.2) is 0 Å². The highest BCUT2D eigenvalue weighted by molar-refractivity contribution is 7.09. The highest BCUT2D eigenvalue weighted by Gasteiger charge is 2.42. The van der Waals surface area contributed by atoms with E-state index < -0.39 is 0 Å². The minimum Gasteiger partial charge on any atom is -0.271 e. The van der Waals surface area contributed by atoms with E-state index in [0.717, 1.165) is 17.8 Å². The van der Waals surface area contributed by atoms with Crippen LogP contribution in [0.5, 0.6) is 0 Å². The standard InChI is InChI=1S/C14H22N2S/c15-16-14(6-5-12-2-1-7-17-12)13-9-10-3-4-11(13)8-10/h1-2,7,10-11,13-14,16H,3-6,8-9,15H2. The van der Waals surface area contributed by atoms with Crippen molar-refractivity contribution in [3.63, 3.8) is 0 Å². The topological polar surface area (TPSA) is 38.0 Å². The summed E-state index contributed by atoms with van der Waals surface area (Å²) < 4.78 is 0. The molecule has 3 heteroatoms. The summed E-state index contributed by atoms with van der Waals surface area (Å²) in [5.74, 6) is 8.60. The summed E-state index contributed by atoms with van der Waals surface area (Å²) in [7, 11) is 0. The number of fused-ring (bicyclic) bond motifs is 2. The smallest absolute Gasteiger partial charge is 0.0244 e. The van der Waals surface area contributed by atoms with Crippen molar-refractivity contribution in [1.82, 2.24) is 5.43 Å². The van der Waals surface area contributed by atoms with Crippen LogP contribution in [0.3, 0.4) is 0 Å². The molecule has 2 aliphatic carbocycles. The molecule has 0 saturated heterocycles. The van der Waals surface area contributed by atoms with Crippen LogP contribution >= 0.6 is 11.3 Å². The number of hydrazine groups is 1. The molecule has 0 amide bonds. The van der Waals surface area contributed by atoms with E-state index in [4.69, 9.17) is 5.84 Å². The normalized spacial score (nSPS) is 33.1. The molecule has 2 nitrogen and oxygen atoms in total. The van der Waals surface area contributed by atoms with Crippen LogP contribution in [0.2, 0.25) is 0 Å². The molecule has 94 valence electrons. The maximum Gasteiger partial charge on any atom is 0.0244 e. The van der Waals surface area contributed by atoms with Crippen molar-refractivity contribution >= 4 is 11.3 Å². The molecule has 2 bridgehead atoms. The highest BCUT2D eigenvalue weighted by atomic mass is 32.1. The van der Waals surface area contributed by atoms with Gasteiger partial charge in [0, 0.05) is 10.9 Å². The summed E-state index contributed by atoms with van der Waals surface area (Å²) in [6, 6.07) is 4.91. The number of nitrogens with one attached hydrogen (secondary N) is 1. The van der Waals surface area contributed by atoms with E-state index in [2.05, 4.69) is 22.9 Å². The maximum atomic E-state index is 5.78. The Labute approximate surface area is 108 Å². The van der Waals surface area contributed by atoms with Crippen molar-refractivity contribution in [3.8, 4) is 0 Å². The Morgan fingerprint density at radius 2 is 2.35 bits per heavy atom. The Morgan fingerprint density at radius 1 is 1.41 bits per heavy atom. The Morgan fingerprint density at radius 3 is 2.94 bits per heavy atom. The molecule has 0 radical (unpaired) electrons. The molecule has 0 aromatic carbocycles. The van der Waals surface area contributed by atoms with Crippen LogP contribution in [-0.4, -0.2) is 6.04 Å². The van der Waals surface area contributed by atoms with Gasteiger partial charge in [0.1, 0.15) is 0 Å². The second-order valence-corrected chi connectivity index (χ2v) is 6.76. The largest absolute Gasteiger partial charge is 0.271 e. The summed E-state index contributed by atoms with van der Waals surface area (Å²) in [6.07, 6.45) is 8.20. The molecule has 3 N–H and O–H groups in total. The molecule has 0 aliphatic heterocycles. The SMILES string of the molecule is NNC(CCc1cccs1)C1CC2CCC1C2. The van der Waals surface area contributed by atoms with E-state index in [1.165, 1.54) is 43.4 Å². The molecule has 1 aromatic rings. The molecular formula is C14H22N2S. The van der Waals surface area contributed by atoms with Crippen LogP contribution in [0.4, 0.5) is 0 Å². The van der Waals surface area contributed by atoms with E-state index in [0.29, 0.717) is 6.04 Å². The molecule has 4 atom stereocenters. The zero-order chi connectivity index (χ0) is 11.7. The molecule has 4 unspecified atom stereocenters. The Kier molecular flexibility index (Phi) is 3.50. The van der Waals surface area contributed by atoms with Crippen molar-refractivity contribution in [2.75, 3.05) is 0 Å². The van der Waals surface area contributed by atoms with E-state index >= 15 is 0 Å². The van der Waals surface area contributed by atoms with Crippen LogP contribution in [0.25, 0.3) is 0 Å². The Hall–Kier alpha value is -0.380. The van der Waals surface area contributed by atoms with Gasteiger partial charge in [-0.2, -0.15) is 0 Å². The first-order valence-electron chi connectivity index (χ1n) is 6.85.